The van der Waals surface area contributed by atoms with Gasteiger partial charge in [-0.1, -0.05) is 17.8 Å². The van der Waals surface area contributed by atoms with E-state index in [1.807, 2.05) is 12.1 Å². The van der Waals surface area contributed by atoms with Gasteiger partial charge < -0.3 is 14.4 Å². The van der Waals surface area contributed by atoms with Crippen molar-refractivity contribution in [2.45, 2.75) is 62.5 Å². The summed E-state index contributed by atoms with van der Waals surface area (Å²) in [6, 6.07) is 5.41. The predicted molar refractivity (Wildman–Crippen MR) is 121 cm³/mol. The van der Waals surface area contributed by atoms with Crippen molar-refractivity contribution in [3.8, 4) is 5.75 Å². The SMILES string of the molecule is COC1CCC23Cc4ccc(OCC5CC5)cc4C(=C2C1)N(CC(F)(F)F)C(SCC(F)(F)F)=N3. The van der Waals surface area contributed by atoms with Crippen LogP contribution in [0.5, 0.6) is 5.75 Å². The number of nitrogens with zero attached hydrogens (tertiary/aromatic N) is 2. The van der Waals surface area contributed by atoms with Crippen molar-refractivity contribution in [3.05, 3.63) is 34.9 Å². The van der Waals surface area contributed by atoms with Crippen LogP contribution in [-0.4, -0.2) is 60.1 Å². The Morgan fingerprint density at radius 2 is 1.89 bits per heavy atom. The average molecular weight is 521 g/mol. The molecule has 4 nitrogen and oxygen atoms in total. The highest BCUT2D eigenvalue weighted by molar-refractivity contribution is 8.13. The summed E-state index contributed by atoms with van der Waals surface area (Å²) in [6.07, 6.45) is -5.23. The Kier molecular flexibility index (Phi) is 6.31. The number of benzene rings is 1. The van der Waals surface area contributed by atoms with E-state index in [9.17, 15) is 26.3 Å². The summed E-state index contributed by atoms with van der Waals surface area (Å²) in [7, 11) is 1.56. The summed E-state index contributed by atoms with van der Waals surface area (Å²) in [5.74, 6) is -0.262. The molecule has 0 aromatic heterocycles. The summed E-state index contributed by atoms with van der Waals surface area (Å²) >= 11 is 0.323. The lowest BCUT2D eigenvalue weighted by Gasteiger charge is -2.50. The van der Waals surface area contributed by atoms with E-state index in [1.54, 1.807) is 13.2 Å². The van der Waals surface area contributed by atoms with Crippen LogP contribution in [0.15, 0.2) is 28.8 Å². The minimum absolute atomic E-state index is 0.184. The molecule has 1 aromatic rings. The topological polar surface area (TPSA) is 34.1 Å². The second-order valence-corrected chi connectivity index (χ2v) is 10.7. The van der Waals surface area contributed by atoms with Gasteiger partial charge in [0.1, 0.15) is 12.3 Å². The molecule has 1 aliphatic heterocycles. The summed E-state index contributed by atoms with van der Waals surface area (Å²) in [6.45, 7) is -0.878. The first-order valence-corrected chi connectivity index (χ1v) is 12.6. The molecular formula is C24H26F6N2O2S. The summed E-state index contributed by atoms with van der Waals surface area (Å²) < 4.78 is 91.9. The number of halogens is 6. The van der Waals surface area contributed by atoms with E-state index in [4.69, 9.17) is 9.47 Å². The van der Waals surface area contributed by atoms with E-state index in [0.29, 0.717) is 72.6 Å². The highest BCUT2D eigenvalue weighted by atomic mass is 32.2. The molecule has 2 unspecified atom stereocenters. The second-order valence-electron chi connectivity index (χ2n) is 9.71. The van der Waals surface area contributed by atoms with Crippen LogP contribution in [0.2, 0.25) is 0 Å². The average Bonchev–Trinajstić information content (AvgIpc) is 3.60. The molecule has 0 amide bonds. The fourth-order valence-corrected chi connectivity index (χ4v) is 6.02. The van der Waals surface area contributed by atoms with Gasteiger partial charge >= 0.3 is 12.4 Å². The molecule has 1 heterocycles. The molecule has 0 N–H and O–H groups in total. The third-order valence-corrected chi connectivity index (χ3v) is 8.05. The van der Waals surface area contributed by atoms with Crippen molar-refractivity contribution in [2.24, 2.45) is 10.9 Å². The van der Waals surface area contributed by atoms with E-state index < -0.39 is 30.2 Å². The number of fused-ring (bicyclic) bond motifs is 2. The first-order chi connectivity index (χ1) is 16.5. The van der Waals surface area contributed by atoms with Gasteiger partial charge in [0.25, 0.3) is 0 Å². The van der Waals surface area contributed by atoms with Gasteiger partial charge in [0.15, 0.2) is 5.17 Å². The van der Waals surface area contributed by atoms with Gasteiger partial charge in [-0.15, -0.1) is 0 Å². The predicted octanol–water partition coefficient (Wildman–Crippen LogP) is 6.21. The quantitative estimate of drug-likeness (QED) is 0.418. The maximum Gasteiger partial charge on any atom is 0.406 e. The van der Waals surface area contributed by atoms with E-state index in [2.05, 4.69) is 4.99 Å². The molecule has 3 aliphatic carbocycles. The molecule has 5 rings (SSSR count). The number of aliphatic imine (C=N–C) groups is 1. The molecule has 0 saturated heterocycles. The number of ether oxygens (including phenoxy) is 2. The van der Waals surface area contributed by atoms with Gasteiger partial charge in [-0.05, 0) is 61.3 Å². The summed E-state index contributed by atoms with van der Waals surface area (Å²) in [5.41, 5.74) is 1.56. The zero-order valence-electron chi connectivity index (χ0n) is 19.1. The van der Waals surface area contributed by atoms with Crippen molar-refractivity contribution < 1.29 is 35.8 Å². The highest BCUT2D eigenvalue weighted by Crippen LogP contribution is 2.53. The standard InChI is InChI=1S/C24H26F6N2O2S/c1-33-16-6-7-22-10-15-4-5-17(34-11-14-2-3-14)8-18(15)20(19(22)9-16)32(12-23(25,26)27)21(31-22)35-13-24(28,29)30/h4-5,8,14,16H,2-3,6-7,9-13H2,1H3. The van der Waals surface area contributed by atoms with Crippen LogP contribution in [0.4, 0.5) is 26.3 Å². The third kappa shape index (κ3) is 5.30. The Morgan fingerprint density at radius 3 is 2.54 bits per heavy atom. The highest BCUT2D eigenvalue weighted by Gasteiger charge is 2.51. The number of alkyl halides is 6. The van der Waals surface area contributed by atoms with E-state index in [1.165, 1.54) is 0 Å². The molecule has 2 bridgehead atoms. The van der Waals surface area contributed by atoms with Gasteiger partial charge in [-0.3, -0.25) is 4.99 Å². The van der Waals surface area contributed by atoms with Crippen LogP contribution in [0.1, 0.15) is 43.2 Å². The summed E-state index contributed by atoms with van der Waals surface area (Å²) in [4.78, 5) is 5.58. The summed E-state index contributed by atoms with van der Waals surface area (Å²) in [5, 5.41) is -0.232. The maximum atomic E-state index is 13.7. The van der Waals surface area contributed by atoms with Crippen molar-refractivity contribution in [1.82, 2.24) is 4.90 Å². The number of thioether (sulfide) groups is 1. The lowest BCUT2D eigenvalue weighted by atomic mass is 9.67. The zero-order valence-corrected chi connectivity index (χ0v) is 20.0. The van der Waals surface area contributed by atoms with Crippen molar-refractivity contribution in [2.75, 3.05) is 26.0 Å². The van der Waals surface area contributed by atoms with Crippen molar-refractivity contribution in [3.63, 3.8) is 0 Å². The van der Waals surface area contributed by atoms with E-state index in [0.717, 1.165) is 23.3 Å². The molecule has 2 atom stereocenters. The Bertz CT molecular complexity index is 1050. The van der Waals surface area contributed by atoms with Crippen LogP contribution in [0, 0.1) is 5.92 Å². The van der Waals surface area contributed by atoms with Gasteiger partial charge in [-0.2, -0.15) is 26.3 Å². The lowest BCUT2D eigenvalue weighted by molar-refractivity contribution is -0.133. The lowest BCUT2D eigenvalue weighted by Crippen LogP contribution is -2.51. The maximum absolute atomic E-state index is 13.7. The molecule has 35 heavy (non-hydrogen) atoms. The van der Waals surface area contributed by atoms with Gasteiger partial charge in [0.2, 0.25) is 0 Å². The number of rotatable bonds is 6. The molecule has 1 aromatic carbocycles. The molecule has 0 radical (unpaired) electrons. The third-order valence-electron chi connectivity index (χ3n) is 7.01. The Hall–Kier alpha value is -1.88. The second kappa shape index (κ2) is 8.90. The Labute approximate surface area is 203 Å². The molecule has 192 valence electrons. The molecular weight excluding hydrogens is 494 g/mol. The van der Waals surface area contributed by atoms with Gasteiger partial charge in [0, 0.05) is 19.1 Å². The van der Waals surface area contributed by atoms with Crippen LogP contribution < -0.4 is 4.74 Å². The van der Waals surface area contributed by atoms with Crippen LogP contribution >= 0.6 is 11.8 Å². The van der Waals surface area contributed by atoms with Crippen LogP contribution in [0.25, 0.3) is 5.70 Å². The van der Waals surface area contributed by atoms with Crippen molar-refractivity contribution >= 4 is 22.6 Å². The van der Waals surface area contributed by atoms with E-state index >= 15 is 0 Å². The van der Waals surface area contributed by atoms with Gasteiger partial charge in [-0.25, -0.2) is 0 Å². The van der Waals surface area contributed by atoms with Crippen LogP contribution in [-0.2, 0) is 11.2 Å². The van der Waals surface area contributed by atoms with Crippen molar-refractivity contribution in [1.29, 1.82) is 0 Å². The minimum Gasteiger partial charge on any atom is -0.493 e. The molecule has 2 fully saturated rings. The van der Waals surface area contributed by atoms with E-state index in [-0.39, 0.29) is 11.3 Å². The Balaban J connectivity index is 1.61. The smallest absolute Gasteiger partial charge is 0.406 e. The molecule has 0 spiro atoms. The monoisotopic (exact) mass is 520 g/mol. The zero-order chi connectivity index (χ0) is 25.0. The number of hydrogen-bond acceptors (Lipinski definition) is 5. The normalized spacial score (nSPS) is 26.3. The Morgan fingerprint density at radius 1 is 1.11 bits per heavy atom. The molecule has 4 aliphatic rings. The number of amidine groups is 1. The number of methoxy groups -OCH3 is 1. The first-order valence-electron chi connectivity index (χ1n) is 11.6. The van der Waals surface area contributed by atoms with Crippen LogP contribution in [0.3, 0.4) is 0 Å². The first kappa shape index (κ1) is 24.8. The largest absolute Gasteiger partial charge is 0.493 e. The fraction of sp³-hybridized carbons (Fsp3) is 0.625. The number of hydrogen-bond donors (Lipinski definition) is 0. The minimum atomic E-state index is -4.64. The van der Waals surface area contributed by atoms with Gasteiger partial charge in [0.05, 0.1) is 29.7 Å². The molecule has 2 saturated carbocycles. The molecule has 11 heteroatoms. The fourth-order valence-electron chi connectivity index (χ4n) is 5.17.